The smallest absolute Gasteiger partial charge is 0.260 e. The number of hydrogen-bond donors (Lipinski definition) is 0. The fourth-order valence-electron chi connectivity index (χ4n) is 3.75. The number of thiazole rings is 1. The summed E-state index contributed by atoms with van der Waals surface area (Å²) >= 11 is 1.57. The first-order valence-electron chi connectivity index (χ1n) is 11.1. The van der Waals surface area contributed by atoms with Gasteiger partial charge in [0.05, 0.1) is 29.5 Å². The first-order chi connectivity index (χ1) is 15.1. The van der Waals surface area contributed by atoms with Gasteiger partial charge in [0.2, 0.25) is 0 Å². The maximum absolute atomic E-state index is 13.5. The molecule has 0 spiro atoms. The van der Waals surface area contributed by atoms with Crippen LogP contribution in [0, 0.1) is 13.8 Å². The lowest BCUT2D eigenvalue weighted by molar-refractivity contribution is 0.0917. The monoisotopic (exact) mass is 438 g/mol. The van der Waals surface area contributed by atoms with Gasteiger partial charge in [0.15, 0.2) is 5.13 Å². The highest BCUT2D eigenvalue weighted by Crippen LogP contribution is 2.33. The third-order valence-corrected chi connectivity index (χ3v) is 6.87. The zero-order valence-electron chi connectivity index (χ0n) is 18.5. The number of aromatic nitrogens is 1. The molecule has 1 aromatic heterocycles. The standard InChI is InChI=1S/C25H30N2O3S/c1-4-5-14-29-20-11-9-19(10-12-20)24(28)27(16-21-7-6-15-30-21)25-26-23-18(3)17(2)8-13-22(23)31-25/h8-13,21H,4-7,14-16H2,1-3H3. The molecule has 4 rings (SSSR count). The van der Waals surface area contributed by atoms with Gasteiger partial charge in [-0.1, -0.05) is 30.7 Å². The highest BCUT2D eigenvalue weighted by molar-refractivity contribution is 7.22. The van der Waals surface area contributed by atoms with Gasteiger partial charge in [-0.25, -0.2) is 4.98 Å². The van der Waals surface area contributed by atoms with Crippen LogP contribution in [0.1, 0.15) is 54.1 Å². The van der Waals surface area contributed by atoms with E-state index in [2.05, 4.69) is 32.9 Å². The number of carbonyl (C=O) groups excluding carboxylic acids is 1. The molecule has 31 heavy (non-hydrogen) atoms. The number of amides is 1. The van der Waals surface area contributed by atoms with E-state index in [9.17, 15) is 4.79 Å². The number of anilines is 1. The van der Waals surface area contributed by atoms with E-state index in [1.807, 2.05) is 24.3 Å². The van der Waals surface area contributed by atoms with E-state index in [-0.39, 0.29) is 12.0 Å². The minimum atomic E-state index is -0.0518. The fourth-order valence-corrected chi connectivity index (χ4v) is 4.79. The Morgan fingerprint density at radius 3 is 2.74 bits per heavy atom. The van der Waals surface area contributed by atoms with E-state index in [0.717, 1.165) is 59.0 Å². The predicted octanol–water partition coefficient (Wildman–Crippen LogP) is 5.92. The number of benzene rings is 2. The van der Waals surface area contributed by atoms with Crippen molar-refractivity contribution in [3.05, 3.63) is 53.1 Å². The van der Waals surface area contributed by atoms with Crippen molar-refractivity contribution in [2.45, 2.75) is 52.6 Å². The number of carbonyl (C=O) groups is 1. The van der Waals surface area contributed by atoms with Crippen LogP contribution in [0.15, 0.2) is 36.4 Å². The highest BCUT2D eigenvalue weighted by atomic mass is 32.1. The zero-order valence-corrected chi connectivity index (χ0v) is 19.3. The van der Waals surface area contributed by atoms with Gasteiger partial charge >= 0.3 is 0 Å². The lowest BCUT2D eigenvalue weighted by Crippen LogP contribution is -2.37. The molecule has 6 heteroatoms. The van der Waals surface area contributed by atoms with Crippen molar-refractivity contribution in [1.29, 1.82) is 0 Å². The maximum atomic E-state index is 13.5. The molecule has 5 nitrogen and oxygen atoms in total. The van der Waals surface area contributed by atoms with Gasteiger partial charge in [-0.15, -0.1) is 0 Å². The van der Waals surface area contributed by atoms with Crippen LogP contribution >= 0.6 is 11.3 Å². The summed E-state index contributed by atoms with van der Waals surface area (Å²) in [6.07, 6.45) is 4.17. The predicted molar refractivity (Wildman–Crippen MR) is 127 cm³/mol. The van der Waals surface area contributed by atoms with E-state index in [1.54, 1.807) is 16.2 Å². The lowest BCUT2D eigenvalue weighted by Gasteiger charge is -2.23. The van der Waals surface area contributed by atoms with E-state index in [0.29, 0.717) is 18.7 Å². The lowest BCUT2D eigenvalue weighted by atomic mass is 10.1. The van der Waals surface area contributed by atoms with Gasteiger partial charge in [-0.05, 0) is 74.6 Å². The number of unbranched alkanes of at least 4 members (excludes halogenated alkanes) is 1. The van der Waals surface area contributed by atoms with Crippen molar-refractivity contribution < 1.29 is 14.3 Å². The van der Waals surface area contributed by atoms with Gasteiger partial charge < -0.3 is 9.47 Å². The molecular weight excluding hydrogens is 408 g/mol. The summed E-state index contributed by atoms with van der Waals surface area (Å²) in [4.78, 5) is 20.2. The Labute approximate surface area is 188 Å². The fraction of sp³-hybridized carbons (Fsp3) is 0.440. The molecule has 164 valence electrons. The van der Waals surface area contributed by atoms with Crippen LogP contribution < -0.4 is 9.64 Å². The Hall–Kier alpha value is -2.44. The molecule has 2 heterocycles. The highest BCUT2D eigenvalue weighted by Gasteiger charge is 2.27. The van der Waals surface area contributed by atoms with Crippen molar-refractivity contribution in [2.75, 3.05) is 24.7 Å². The van der Waals surface area contributed by atoms with Gasteiger partial charge in [0, 0.05) is 12.2 Å². The number of hydrogen-bond acceptors (Lipinski definition) is 5. The number of fused-ring (bicyclic) bond motifs is 1. The topological polar surface area (TPSA) is 51.7 Å². The summed E-state index contributed by atoms with van der Waals surface area (Å²) in [7, 11) is 0. The third kappa shape index (κ3) is 4.91. The van der Waals surface area contributed by atoms with Crippen molar-refractivity contribution in [2.24, 2.45) is 0 Å². The number of rotatable bonds is 8. The third-order valence-electron chi connectivity index (χ3n) is 5.83. The van der Waals surface area contributed by atoms with Crippen LogP contribution in [-0.2, 0) is 4.74 Å². The molecule has 0 radical (unpaired) electrons. The molecule has 1 amide bonds. The minimum Gasteiger partial charge on any atom is -0.494 e. The minimum absolute atomic E-state index is 0.0513. The average molecular weight is 439 g/mol. The molecule has 1 aliphatic heterocycles. The molecular formula is C25H30N2O3S. The second kappa shape index (κ2) is 9.79. The second-order valence-corrected chi connectivity index (χ2v) is 9.14. The summed E-state index contributed by atoms with van der Waals surface area (Å²) in [5.74, 6) is 0.741. The normalized spacial score (nSPS) is 16.0. The van der Waals surface area contributed by atoms with Gasteiger partial charge in [-0.3, -0.25) is 9.69 Å². The molecule has 2 aromatic carbocycles. The largest absolute Gasteiger partial charge is 0.494 e. The van der Waals surface area contributed by atoms with E-state index < -0.39 is 0 Å². The average Bonchev–Trinajstić information content (AvgIpc) is 3.45. The number of nitrogens with zero attached hydrogens (tertiary/aromatic N) is 2. The first kappa shape index (κ1) is 21.8. The summed E-state index contributed by atoms with van der Waals surface area (Å²) in [6.45, 7) is 8.29. The van der Waals surface area contributed by atoms with Crippen LogP contribution in [0.5, 0.6) is 5.75 Å². The second-order valence-electron chi connectivity index (χ2n) is 8.13. The molecule has 3 aromatic rings. The SMILES string of the molecule is CCCCOc1ccc(C(=O)N(CC2CCCO2)c2nc3c(C)c(C)ccc3s2)cc1. The summed E-state index contributed by atoms with van der Waals surface area (Å²) < 4.78 is 12.7. The molecule has 0 aliphatic carbocycles. The van der Waals surface area contributed by atoms with Crippen molar-refractivity contribution in [1.82, 2.24) is 4.98 Å². The summed E-state index contributed by atoms with van der Waals surface area (Å²) in [5.41, 5.74) is 3.98. The van der Waals surface area contributed by atoms with Crippen LogP contribution in [0.2, 0.25) is 0 Å². The van der Waals surface area contributed by atoms with Gasteiger partial charge in [0.1, 0.15) is 5.75 Å². The zero-order chi connectivity index (χ0) is 21.8. The molecule has 1 unspecified atom stereocenters. The Balaban J connectivity index is 1.61. The van der Waals surface area contributed by atoms with E-state index in [1.165, 1.54) is 5.56 Å². The number of aryl methyl sites for hydroxylation is 2. The maximum Gasteiger partial charge on any atom is 0.260 e. The van der Waals surface area contributed by atoms with Crippen molar-refractivity contribution in [3.63, 3.8) is 0 Å². The van der Waals surface area contributed by atoms with Gasteiger partial charge in [-0.2, -0.15) is 0 Å². The molecule has 1 atom stereocenters. The van der Waals surface area contributed by atoms with Crippen LogP contribution in [0.3, 0.4) is 0 Å². The first-order valence-corrected chi connectivity index (χ1v) is 11.9. The Morgan fingerprint density at radius 2 is 2.03 bits per heavy atom. The van der Waals surface area contributed by atoms with Gasteiger partial charge in [0.25, 0.3) is 5.91 Å². The molecule has 1 saturated heterocycles. The Kier molecular flexibility index (Phi) is 6.88. The number of ether oxygens (including phenoxy) is 2. The summed E-state index contributed by atoms with van der Waals surface area (Å²) in [6, 6.07) is 11.6. The molecule has 0 saturated carbocycles. The van der Waals surface area contributed by atoms with Crippen LogP contribution in [0.25, 0.3) is 10.2 Å². The van der Waals surface area contributed by atoms with Crippen molar-refractivity contribution >= 4 is 32.6 Å². The molecule has 1 aliphatic rings. The molecule has 0 N–H and O–H groups in total. The Morgan fingerprint density at radius 1 is 1.23 bits per heavy atom. The van der Waals surface area contributed by atoms with E-state index >= 15 is 0 Å². The van der Waals surface area contributed by atoms with Crippen LogP contribution in [0.4, 0.5) is 5.13 Å². The van der Waals surface area contributed by atoms with Crippen LogP contribution in [-0.4, -0.2) is 36.8 Å². The molecule has 1 fully saturated rings. The Bertz CT molecular complexity index is 1040. The van der Waals surface area contributed by atoms with Crippen molar-refractivity contribution in [3.8, 4) is 5.75 Å². The quantitative estimate of drug-likeness (QED) is 0.410. The van der Waals surface area contributed by atoms with E-state index in [4.69, 9.17) is 14.5 Å². The molecule has 0 bridgehead atoms. The summed E-state index contributed by atoms with van der Waals surface area (Å²) in [5, 5.41) is 0.729.